The standard InChI is InChI=1S/C25H36O7/c1-7-30-18-10-8-17(9-11-18)20-21(23(27)31-13-15(2)3)19(26)12-25(6,29)22(20)24(28)32-14-16(4)5/h8-11,15-16,20-22,29H,7,12-14H2,1-6H3/t20-,21-,22-,25+/m1/s1. The second kappa shape index (κ2) is 10.9. The van der Waals surface area contributed by atoms with Gasteiger partial charge in [0.25, 0.3) is 0 Å². The Bertz CT molecular complexity index is 795. The van der Waals surface area contributed by atoms with Crippen molar-refractivity contribution >= 4 is 17.7 Å². The molecule has 0 aliphatic heterocycles. The number of ketones is 1. The van der Waals surface area contributed by atoms with Crippen LogP contribution in [0, 0.1) is 23.7 Å². The van der Waals surface area contributed by atoms with Gasteiger partial charge >= 0.3 is 11.9 Å². The number of aliphatic hydroxyl groups is 1. The summed E-state index contributed by atoms with van der Waals surface area (Å²) in [6.07, 6.45) is -0.330. The van der Waals surface area contributed by atoms with E-state index in [2.05, 4.69) is 0 Å². The van der Waals surface area contributed by atoms with Gasteiger partial charge in [0.05, 0.1) is 31.3 Å². The molecule has 7 heteroatoms. The Balaban J connectivity index is 2.51. The highest BCUT2D eigenvalue weighted by Gasteiger charge is 2.57. The number of carbonyl (C=O) groups excluding carboxylic acids is 3. The largest absolute Gasteiger partial charge is 0.494 e. The van der Waals surface area contributed by atoms with Crippen molar-refractivity contribution in [3.05, 3.63) is 29.8 Å². The Morgan fingerprint density at radius 2 is 1.56 bits per heavy atom. The summed E-state index contributed by atoms with van der Waals surface area (Å²) in [5, 5.41) is 11.1. The van der Waals surface area contributed by atoms with Gasteiger partial charge in [-0.05, 0) is 43.4 Å². The van der Waals surface area contributed by atoms with E-state index in [1.54, 1.807) is 24.3 Å². The van der Waals surface area contributed by atoms with Crippen LogP contribution in [0.1, 0.15) is 59.4 Å². The lowest BCUT2D eigenvalue weighted by Gasteiger charge is -2.43. The molecule has 2 rings (SSSR count). The SMILES string of the molecule is CCOc1ccc([C@@H]2[C@H](C(=O)OCC(C)C)C(=O)C[C@](C)(O)[C@H]2C(=O)OCC(C)C)cc1. The molecule has 0 amide bonds. The Morgan fingerprint density at radius 3 is 2.06 bits per heavy atom. The van der Waals surface area contributed by atoms with Crippen molar-refractivity contribution in [1.82, 2.24) is 0 Å². The summed E-state index contributed by atoms with van der Waals surface area (Å²) in [7, 11) is 0. The van der Waals surface area contributed by atoms with Crippen LogP contribution in [0.15, 0.2) is 24.3 Å². The molecule has 0 aromatic heterocycles. The van der Waals surface area contributed by atoms with Gasteiger partial charge in [0.15, 0.2) is 5.78 Å². The van der Waals surface area contributed by atoms with Crippen LogP contribution < -0.4 is 4.74 Å². The smallest absolute Gasteiger partial charge is 0.317 e. The molecule has 1 aliphatic carbocycles. The molecule has 0 bridgehead atoms. The van der Waals surface area contributed by atoms with Crippen molar-refractivity contribution in [3.63, 3.8) is 0 Å². The van der Waals surface area contributed by atoms with Crippen molar-refractivity contribution < 1.29 is 33.7 Å². The number of ether oxygens (including phenoxy) is 3. The van der Waals surface area contributed by atoms with Crippen molar-refractivity contribution in [2.75, 3.05) is 19.8 Å². The van der Waals surface area contributed by atoms with Crippen LogP contribution in [0.2, 0.25) is 0 Å². The molecule has 1 aliphatic rings. The molecular weight excluding hydrogens is 412 g/mol. The van der Waals surface area contributed by atoms with E-state index >= 15 is 0 Å². The average molecular weight is 449 g/mol. The number of benzene rings is 1. The van der Waals surface area contributed by atoms with Gasteiger partial charge < -0.3 is 19.3 Å². The molecule has 0 unspecified atom stereocenters. The zero-order valence-corrected chi connectivity index (χ0v) is 19.9. The second-order valence-electron chi connectivity index (χ2n) is 9.53. The lowest BCUT2D eigenvalue weighted by atomic mass is 9.61. The third kappa shape index (κ3) is 6.31. The zero-order valence-electron chi connectivity index (χ0n) is 19.9. The molecule has 1 aromatic carbocycles. The van der Waals surface area contributed by atoms with Crippen LogP contribution in [0.25, 0.3) is 0 Å². The first-order chi connectivity index (χ1) is 15.0. The molecule has 0 heterocycles. The van der Waals surface area contributed by atoms with Gasteiger partial charge in [-0.3, -0.25) is 14.4 Å². The minimum absolute atomic E-state index is 0.0940. The second-order valence-corrected chi connectivity index (χ2v) is 9.53. The molecule has 0 radical (unpaired) electrons. The van der Waals surface area contributed by atoms with Gasteiger partial charge in [0, 0.05) is 12.3 Å². The van der Waals surface area contributed by atoms with Crippen LogP contribution in [0.5, 0.6) is 5.75 Å². The van der Waals surface area contributed by atoms with Gasteiger partial charge in [-0.15, -0.1) is 0 Å². The van der Waals surface area contributed by atoms with Crippen LogP contribution in [0.3, 0.4) is 0 Å². The predicted molar refractivity (Wildman–Crippen MR) is 119 cm³/mol. The molecule has 32 heavy (non-hydrogen) atoms. The first kappa shape index (κ1) is 25.8. The predicted octanol–water partition coefficient (Wildman–Crippen LogP) is 3.52. The number of carbonyl (C=O) groups is 3. The first-order valence-electron chi connectivity index (χ1n) is 11.3. The molecule has 178 valence electrons. The van der Waals surface area contributed by atoms with Gasteiger partial charge in [-0.2, -0.15) is 0 Å². The Hall–Kier alpha value is -2.41. The van der Waals surface area contributed by atoms with E-state index in [-0.39, 0.29) is 31.5 Å². The molecule has 1 saturated carbocycles. The summed E-state index contributed by atoms with van der Waals surface area (Å²) in [6, 6.07) is 6.88. The van der Waals surface area contributed by atoms with E-state index in [0.29, 0.717) is 17.9 Å². The maximum atomic E-state index is 13.1. The maximum Gasteiger partial charge on any atom is 0.317 e. The van der Waals surface area contributed by atoms with Gasteiger partial charge in [0.2, 0.25) is 0 Å². The Labute approximate surface area is 190 Å². The highest BCUT2D eigenvalue weighted by atomic mass is 16.5. The van der Waals surface area contributed by atoms with Crippen LogP contribution in [0.4, 0.5) is 0 Å². The highest BCUT2D eigenvalue weighted by Crippen LogP contribution is 2.47. The zero-order chi connectivity index (χ0) is 24.1. The number of esters is 2. The topological polar surface area (TPSA) is 99.1 Å². The van der Waals surface area contributed by atoms with Crippen molar-refractivity contribution in [3.8, 4) is 5.75 Å². The van der Waals surface area contributed by atoms with E-state index < -0.39 is 41.1 Å². The summed E-state index contributed by atoms with van der Waals surface area (Å²) < 4.78 is 16.4. The first-order valence-corrected chi connectivity index (χ1v) is 11.3. The summed E-state index contributed by atoms with van der Waals surface area (Å²) in [5.41, 5.74) is -1.09. The summed E-state index contributed by atoms with van der Waals surface area (Å²) in [6.45, 7) is 11.8. The van der Waals surface area contributed by atoms with Crippen molar-refractivity contribution in [2.24, 2.45) is 23.7 Å². The Morgan fingerprint density at radius 1 is 1.03 bits per heavy atom. The van der Waals surface area contributed by atoms with Crippen LogP contribution >= 0.6 is 0 Å². The molecular formula is C25H36O7. The minimum Gasteiger partial charge on any atom is -0.494 e. The van der Waals surface area contributed by atoms with E-state index in [1.807, 2.05) is 34.6 Å². The number of Topliss-reactive ketones (excluding diaryl/α,β-unsaturated/α-hetero) is 1. The van der Waals surface area contributed by atoms with Crippen molar-refractivity contribution in [1.29, 1.82) is 0 Å². The summed E-state index contributed by atoms with van der Waals surface area (Å²) in [4.78, 5) is 39.2. The normalized spacial score (nSPS) is 25.7. The number of hydrogen-bond acceptors (Lipinski definition) is 7. The van der Waals surface area contributed by atoms with Gasteiger partial charge in [-0.25, -0.2) is 0 Å². The number of hydrogen-bond donors (Lipinski definition) is 1. The fraction of sp³-hybridized carbons (Fsp3) is 0.640. The van der Waals surface area contributed by atoms with E-state index in [4.69, 9.17) is 14.2 Å². The molecule has 0 spiro atoms. The number of rotatable bonds is 9. The molecule has 7 nitrogen and oxygen atoms in total. The monoisotopic (exact) mass is 448 g/mol. The maximum absolute atomic E-state index is 13.1. The lowest BCUT2D eigenvalue weighted by Crippen LogP contribution is -2.55. The molecule has 0 saturated heterocycles. The minimum atomic E-state index is -1.66. The third-order valence-electron chi connectivity index (χ3n) is 5.47. The summed E-state index contributed by atoms with van der Waals surface area (Å²) >= 11 is 0. The van der Waals surface area contributed by atoms with E-state index in [0.717, 1.165) is 0 Å². The van der Waals surface area contributed by atoms with Gasteiger partial charge in [-0.1, -0.05) is 39.8 Å². The molecule has 1 aromatic rings. The summed E-state index contributed by atoms with van der Waals surface area (Å²) in [5.74, 6) is -4.16. The third-order valence-corrected chi connectivity index (χ3v) is 5.47. The van der Waals surface area contributed by atoms with Gasteiger partial charge in [0.1, 0.15) is 11.7 Å². The lowest BCUT2D eigenvalue weighted by molar-refractivity contribution is -0.173. The fourth-order valence-electron chi connectivity index (χ4n) is 4.05. The van der Waals surface area contributed by atoms with E-state index in [9.17, 15) is 19.5 Å². The van der Waals surface area contributed by atoms with E-state index in [1.165, 1.54) is 6.92 Å². The highest BCUT2D eigenvalue weighted by molar-refractivity contribution is 6.02. The average Bonchev–Trinajstić information content (AvgIpc) is 2.70. The molecule has 1 N–H and O–H groups in total. The molecule has 4 atom stereocenters. The molecule has 1 fully saturated rings. The van der Waals surface area contributed by atoms with Crippen LogP contribution in [-0.2, 0) is 23.9 Å². The fourth-order valence-corrected chi connectivity index (χ4v) is 4.05. The van der Waals surface area contributed by atoms with Crippen molar-refractivity contribution in [2.45, 2.75) is 59.5 Å². The quantitative estimate of drug-likeness (QED) is 0.456. The van der Waals surface area contributed by atoms with Crippen LogP contribution in [-0.4, -0.2) is 48.3 Å². The Kier molecular flexibility index (Phi) is 8.84.